The molecule has 6 nitrogen and oxygen atoms in total. The topological polar surface area (TPSA) is 85.4 Å². The van der Waals surface area contributed by atoms with Gasteiger partial charge in [-0.1, -0.05) is 134 Å². The summed E-state index contributed by atoms with van der Waals surface area (Å²) in [6.07, 6.45) is 36.6. The third-order valence-corrected chi connectivity index (χ3v) is 7.86. The van der Waals surface area contributed by atoms with Gasteiger partial charge < -0.3 is 19.3 Å². The Kier molecular flexibility index (Phi) is 26.2. The molecule has 6 heteroatoms. The van der Waals surface area contributed by atoms with Crippen LogP contribution in [0.5, 0.6) is 0 Å². The highest BCUT2D eigenvalue weighted by atomic mass is 16.6. The number of ether oxygens (including phenoxy) is 3. The number of hydrogen-bond acceptors (Lipinski definition) is 6. The smallest absolute Gasteiger partial charge is 0.306 e. The van der Waals surface area contributed by atoms with Crippen molar-refractivity contribution in [1.29, 1.82) is 0 Å². The van der Waals surface area contributed by atoms with E-state index in [1.807, 2.05) is 0 Å². The van der Waals surface area contributed by atoms with Gasteiger partial charge in [0, 0.05) is 12.8 Å². The average molecular weight is 605 g/mol. The molecule has 248 valence electrons. The van der Waals surface area contributed by atoms with E-state index in [9.17, 15) is 14.7 Å². The molecule has 2 unspecified atom stereocenters. The standard InChI is InChI=1S/C37H64O6/c1-3-5-7-8-9-10-11-15-18-21-25-29-36(39)41-32-33(31-38)42-37(40)30-26-22-19-16-13-12-14-17-20-24-28-35-34(43-35)27-23-6-4-2/h12,14,16,19-20,24,33-35,38H,3-11,13,15,17-18,21-23,25-32H2,1-2H3/b14-12-,19-16-,24-20-/t33-,34?,35?/m0/s1. The van der Waals surface area contributed by atoms with Crippen LogP contribution in [-0.4, -0.2) is 48.6 Å². The van der Waals surface area contributed by atoms with Crippen molar-refractivity contribution in [3.63, 3.8) is 0 Å². The number of epoxide rings is 1. The minimum atomic E-state index is -0.799. The van der Waals surface area contributed by atoms with Crippen LogP contribution in [0.15, 0.2) is 36.5 Å². The minimum absolute atomic E-state index is 0.0888. The molecule has 0 spiro atoms. The van der Waals surface area contributed by atoms with Crippen LogP contribution in [-0.2, 0) is 23.8 Å². The zero-order valence-electron chi connectivity index (χ0n) is 27.7. The fourth-order valence-electron chi connectivity index (χ4n) is 5.05. The van der Waals surface area contributed by atoms with Gasteiger partial charge in [0.1, 0.15) is 6.61 Å². The van der Waals surface area contributed by atoms with Crippen LogP contribution in [0.1, 0.15) is 155 Å². The summed E-state index contributed by atoms with van der Waals surface area (Å²) in [5.74, 6) is -0.663. The molecule has 0 radical (unpaired) electrons. The number of allylic oxidation sites excluding steroid dienone is 5. The number of aliphatic hydroxyl groups is 1. The minimum Gasteiger partial charge on any atom is -0.462 e. The first-order chi connectivity index (χ1) is 21.1. The van der Waals surface area contributed by atoms with Gasteiger partial charge in [0.05, 0.1) is 18.8 Å². The Morgan fingerprint density at radius 1 is 0.674 bits per heavy atom. The molecule has 0 aliphatic carbocycles. The predicted molar refractivity (Wildman–Crippen MR) is 177 cm³/mol. The van der Waals surface area contributed by atoms with Gasteiger partial charge in [-0.15, -0.1) is 0 Å². The summed E-state index contributed by atoms with van der Waals surface area (Å²) in [5, 5.41) is 9.50. The van der Waals surface area contributed by atoms with Crippen molar-refractivity contribution >= 4 is 11.9 Å². The lowest BCUT2D eigenvalue weighted by Gasteiger charge is -2.15. The van der Waals surface area contributed by atoms with Gasteiger partial charge in [-0.2, -0.15) is 0 Å². The zero-order chi connectivity index (χ0) is 31.2. The highest BCUT2D eigenvalue weighted by Gasteiger charge is 2.36. The first kappa shape index (κ1) is 39.1. The highest BCUT2D eigenvalue weighted by Crippen LogP contribution is 2.30. The normalized spacial score (nSPS) is 17.3. The van der Waals surface area contributed by atoms with Crippen molar-refractivity contribution in [2.75, 3.05) is 13.2 Å². The molecule has 43 heavy (non-hydrogen) atoms. The van der Waals surface area contributed by atoms with Gasteiger partial charge in [0.25, 0.3) is 0 Å². The SMILES string of the molecule is CCCCCCCCCCCCCC(=O)OC[C@H](CO)OC(=O)CCC/C=C\C/C=C\C/C=C\CC1OC1CCCCC. The molecule has 0 aromatic rings. The van der Waals surface area contributed by atoms with E-state index in [0.29, 0.717) is 25.0 Å². The molecular weight excluding hydrogens is 540 g/mol. The number of carbonyl (C=O) groups is 2. The summed E-state index contributed by atoms with van der Waals surface area (Å²) in [5.41, 5.74) is 0. The molecule has 1 fully saturated rings. The molecule has 1 aliphatic heterocycles. The monoisotopic (exact) mass is 604 g/mol. The first-order valence-corrected chi connectivity index (χ1v) is 17.7. The highest BCUT2D eigenvalue weighted by molar-refractivity contribution is 5.70. The number of esters is 2. The quantitative estimate of drug-likeness (QED) is 0.0380. The van der Waals surface area contributed by atoms with E-state index < -0.39 is 6.10 Å². The van der Waals surface area contributed by atoms with E-state index in [1.54, 1.807) is 0 Å². The lowest BCUT2D eigenvalue weighted by atomic mass is 10.1. The van der Waals surface area contributed by atoms with Crippen molar-refractivity contribution in [2.24, 2.45) is 0 Å². The fourth-order valence-corrected chi connectivity index (χ4v) is 5.05. The largest absolute Gasteiger partial charge is 0.462 e. The van der Waals surface area contributed by atoms with Crippen molar-refractivity contribution < 1.29 is 28.9 Å². The molecule has 3 atom stereocenters. The second-order valence-electron chi connectivity index (χ2n) is 12.0. The van der Waals surface area contributed by atoms with E-state index in [1.165, 1.54) is 77.0 Å². The molecule has 1 heterocycles. The van der Waals surface area contributed by atoms with Crippen molar-refractivity contribution in [1.82, 2.24) is 0 Å². The van der Waals surface area contributed by atoms with Crippen LogP contribution in [0.2, 0.25) is 0 Å². The second kappa shape index (κ2) is 28.8. The van der Waals surface area contributed by atoms with Crippen LogP contribution in [0.3, 0.4) is 0 Å². The first-order valence-electron chi connectivity index (χ1n) is 17.7. The molecular formula is C37H64O6. The van der Waals surface area contributed by atoms with Crippen LogP contribution in [0.25, 0.3) is 0 Å². The molecule has 0 saturated carbocycles. The summed E-state index contributed by atoms with van der Waals surface area (Å²) in [6.45, 7) is 4.03. The summed E-state index contributed by atoms with van der Waals surface area (Å²) in [7, 11) is 0. The van der Waals surface area contributed by atoms with E-state index >= 15 is 0 Å². The van der Waals surface area contributed by atoms with Gasteiger partial charge in [-0.3, -0.25) is 9.59 Å². The van der Waals surface area contributed by atoms with Crippen LogP contribution < -0.4 is 0 Å². The lowest BCUT2D eigenvalue weighted by molar-refractivity contribution is -0.161. The Balaban J connectivity index is 1.95. The summed E-state index contributed by atoms with van der Waals surface area (Å²) < 4.78 is 16.2. The van der Waals surface area contributed by atoms with Gasteiger partial charge in [0.2, 0.25) is 0 Å². The maximum Gasteiger partial charge on any atom is 0.306 e. The maximum absolute atomic E-state index is 12.1. The summed E-state index contributed by atoms with van der Waals surface area (Å²) >= 11 is 0. The van der Waals surface area contributed by atoms with Crippen LogP contribution in [0.4, 0.5) is 0 Å². The molecule has 0 aromatic heterocycles. The van der Waals surface area contributed by atoms with E-state index in [0.717, 1.165) is 44.9 Å². The van der Waals surface area contributed by atoms with Crippen LogP contribution in [0, 0.1) is 0 Å². The summed E-state index contributed by atoms with van der Waals surface area (Å²) in [4.78, 5) is 24.1. The summed E-state index contributed by atoms with van der Waals surface area (Å²) in [6, 6.07) is 0. The number of carbonyl (C=O) groups excluding carboxylic acids is 2. The van der Waals surface area contributed by atoms with Gasteiger partial charge in [-0.25, -0.2) is 0 Å². The van der Waals surface area contributed by atoms with E-state index in [2.05, 4.69) is 50.3 Å². The number of hydrogen-bond donors (Lipinski definition) is 1. The third kappa shape index (κ3) is 25.1. The molecule has 0 aromatic carbocycles. The lowest BCUT2D eigenvalue weighted by Crippen LogP contribution is -2.28. The van der Waals surface area contributed by atoms with Crippen molar-refractivity contribution in [2.45, 2.75) is 173 Å². The van der Waals surface area contributed by atoms with Crippen molar-refractivity contribution in [3.8, 4) is 0 Å². The molecule has 1 aliphatic rings. The Bertz CT molecular complexity index is 758. The fraction of sp³-hybridized carbons (Fsp3) is 0.784. The Morgan fingerprint density at radius 2 is 1.23 bits per heavy atom. The van der Waals surface area contributed by atoms with Gasteiger partial charge >= 0.3 is 11.9 Å². The zero-order valence-corrected chi connectivity index (χ0v) is 27.7. The maximum atomic E-state index is 12.1. The van der Waals surface area contributed by atoms with Gasteiger partial charge in [-0.05, 0) is 44.9 Å². The molecule has 1 saturated heterocycles. The third-order valence-electron chi connectivity index (χ3n) is 7.86. The molecule has 0 bridgehead atoms. The van der Waals surface area contributed by atoms with Crippen LogP contribution >= 0.6 is 0 Å². The number of aliphatic hydroxyl groups excluding tert-OH is 1. The Hall–Kier alpha value is -1.92. The average Bonchev–Trinajstić information content (AvgIpc) is 3.76. The molecule has 1 rings (SSSR count). The number of unbranched alkanes of at least 4 members (excludes halogenated alkanes) is 13. The molecule has 0 amide bonds. The van der Waals surface area contributed by atoms with E-state index in [4.69, 9.17) is 14.2 Å². The van der Waals surface area contributed by atoms with Gasteiger partial charge in [0.15, 0.2) is 6.10 Å². The Labute approximate surface area is 263 Å². The second-order valence-corrected chi connectivity index (χ2v) is 12.0. The van der Waals surface area contributed by atoms with E-state index in [-0.39, 0.29) is 31.6 Å². The predicted octanol–water partition coefficient (Wildman–Crippen LogP) is 9.49. The van der Waals surface area contributed by atoms with Crippen molar-refractivity contribution in [3.05, 3.63) is 36.5 Å². The Morgan fingerprint density at radius 3 is 1.88 bits per heavy atom. The molecule has 1 N–H and O–H groups in total. The number of rotatable bonds is 30.